The Morgan fingerprint density at radius 2 is 1.96 bits per heavy atom. The van der Waals surface area contributed by atoms with Crippen molar-refractivity contribution in [3.63, 3.8) is 0 Å². The third-order valence-corrected chi connectivity index (χ3v) is 6.76. The van der Waals surface area contributed by atoms with Crippen molar-refractivity contribution in [1.29, 1.82) is 0 Å². The number of nitrogens with zero attached hydrogens (tertiary/aromatic N) is 2. The molecule has 1 aromatic heterocycles. The second kappa shape index (κ2) is 8.18. The fraction of sp³-hybridized carbons (Fsp3) is 0.450. The van der Waals surface area contributed by atoms with E-state index in [4.69, 9.17) is 0 Å². The highest BCUT2D eigenvalue weighted by atomic mass is 32.2. The highest BCUT2D eigenvalue weighted by molar-refractivity contribution is 7.89. The maximum atomic E-state index is 13.1. The van der Waals surface area contributed by atoms with Crippen LogP contribution in [-0.4, -0.2) is 30.8 Å². The molecule has 0 spiro atoms. The van der Waals surface area contributed by atoms with Crippen LogP contribution >= 0.6 is 0 Å². The van der Waals surface area contributed by atoms with Crippen molar-refractivity contribution in [3.8, 4) is 0 Å². The Morgan fingerprint density at radius 3 is 2.62 bits per heavy atom. The second-order valence-electron chi connectivity index (χ2n) is 6.84. The summed E-state index contributed by atoms with van der Waals surface area (Å²) in [6.07, 6.45) is 5.75. The molecule has 1 aliphatic heterocycles. The van der Waals surface area contributed by atoms with Crippen LogP contribution in [0.4, 0.5) is 5.82 Å². The molecule has 1 aromatic carbocycles. The van der Waals surface area contributed by atoms with Gasteiger partial charge in [0, 0.05) is 19.3 Å². The topological polar surface area (TPSA) is 62.3 Å². The first-order valence-electron chi connectivity index (χ1n) is 9.30. The molecule has 2 aromatic rings. The van der Waals surface area contributed by atoms with E-state index in [-0.39, 0.29) is 6.04 Å². The molecule has 1 aliphatic rings. The summed E-state index contributed by atoms with van der Waals surface area (Å²) in [5.74, 6) is 0.841. The summed E-state index contributed by atoms with van der Waals surface area (Å²) in [7, 11) is -3.49. The van der Waals surface area contributed by atoms with Gasteiger partial charge in [-0.2, -0.15) is 4.31 Å². The minimum Gasteiger partial charge on any atom is -0.370 e. The maximum Gasteiger partial charge on any atom is 0.243 e. The van der Waals surface area contributed by atoms with Crippen LogP contribution in [0.15, 0.2) is 47.5 Å². The summed E-state index contributed by atoms with van der Waals surface area (Å²) in [5, 5.41) is 3.29. The molecule has 1 saturated heterocycles. The summed E-state index contributed by atoms with van der Waals surface area (Å²) in [4.78, 5) is 4.83. The van der Waals surface area contributed by atoms with Gasteiger partial charge >= 0.3 is 0 Å². The maximum absolute atomic E-state index is 13.1. The lowest BCUT2D eigenvalue weighted by Crippen LogP contribution is -2.30. The van der Waals surface area contributed by atoms with Gasteiger partial charge in [-0.3, -0.25) is 0 Å². The molecule has 0 aliphatic carbocycles. The minimum absolute atomic E-state index is 0.140. The summed E-state index contributed by atoms with van der Waals surface area (Å²) >= 11 is 0. The van der Waals surface area contributed by atoms with E-state index in [1.165, 1.54) is 0 Å². The zero-order valence-electron chi connectivity index (χ0n) is 15.5. The van der Waals surface area contributed by atoms with Gasteiger partial charge in [0.25, 0.3) is 0 Å². The number of sulfonamides is 1. The number of unbranched alkanes of at least 4 members (excludes halogenated alkanes) is 1. The zero-order chi connectivity index (χ0) is 18.6. The van der Waals surface area contributed by atoms with Gasteiger partial charge in [-0.1, -0.05) is 37.1 Å². The van der Waals surface area contributed by atoms with Crippen LogP contribution < -0.4 is 5.32 Å². The number of benzene rings is 1. The van der Waals surface area contributed by atoms with E-state index in [0.717, 1.165) is 49.2 Å². The van der Waals surface area contributed by atoms with Crippen molar-refractivity contribution in [2.75, 3.05) is 18.4 Å². The summed E-state index contributed by atoms with van der Waals surface area (Å²) in [5.41, 5.74) is 2.01. The molecule has 2 heterocycles. The van der Waals surface area contributed by atoms with E-state index >= 15 is 0 Å². The van der Waals surface area contributed by atoms with Gasteiger partial charge in [-0.15, -0.1) is 0 Å². The first-order chi connectivity index (χ1) is 12.5. The number of hydrogen-bond donors (Lipinski definition) is 1. The molecular weight excluding hydrogens is 346 g/mol. The average Bonchev–Trinajstić information content (AvgIpc) is 3.13. The van der Waals surface area contributed by atoms with E-state index in [9.17, 15) is 8.42 Å². The standard InChI is InChI=1S/C20H27N3O2S/c1-3-4-13-21-20-12-9-17(15-22-20)19-6-5-14-23(19)26(24,25)18-10-7-16(2)8-11-18/h7-12,15,19H,3-6,13-14H2,1-2H3,(H,21,22)/t19-/m1/s1. The molecule has 1 fully saturated rings. The number of anilines is 1. The van der Waals surface area contributed by atoms with E-state index in [1.54, 1.807) is 16.4 Å². The van der Waals surface area contributed by atoms with Crippen LogP contribution in [-0.2, 0) is 10.0 Å². The third-order valence-electron chi connectivity index (χ3n) is 4.84. The minimum atomic E-state index is -3.49. The van der Waals surface area contributed by atoms with E-state index in [1.807, 2.05) is 37.4 Å². The Morgan fingerprint density at radius 1 is 1.19 bits per heavy atom. The van der Waals surface area contributed by atoms with Crippen molar-refractivity contribution >= 4 is 15.8 Å². The zero-order valence-corrected chi connectivity index (χ0v) is 16.3. The first kappa shape index (κ1) is 18.9. The number of aromatic nitrogens is 1. The number of aryl methyl sites for hydroxylation is 1. The van der Waals surface area contributed by atoms with E-state index < -0.39 is 10.0 Å². The molecule has 0 saturated carbocycles. The largest absolute Gasteiger partial charge is 0.370 e. The van der Waals surface area contributed by atoms with Crippen molar-refractivity contribution in [2.24, 2.45) is 0 Å². The summed E-state index contributed by atoms with van der Waals surface area (Å²) < 4.78 is 27.8. The first-order valence-corrected chi connectivity index (χ1v) is 10.7. The molecule has 0 bridgehead atoms. The van der Waals surface area contributed by atoms with Gasteiger partial charge in [-0.05, 0) is 49.9 Å². The quantitative estimate of drug-likeness (QED) is 0.741. The molecule has 140 valence electrons. The van der Waals surface area contributed by atoms with Crippen molar-refractivity contribution in [3.05, 3.63) is 53.7 Å². The Hall–Kier alpha value is -1.92. The molecule has 1 N–H and O–H groups in total. The molecule has 26 heavy (non-hydrogen) atoms. The average molecular weight is 374 g/mol. The molecule has 1 atom stereocenters. The number of hydrogen-bond acceptors (Lipinski definition) is 4. The second-order valence-corrected chi connectivity index (χ2v) is 8.73. The van der Waals surface area contributed by atoms with Crippen LogP contribution in [0.1, 0.15) is 49.8 Å². The van der Waals surface area contributed by atoms with E-state index in [2.05, 4.69) is 17.2 Å². The number of pyridine rings is 1. The van der Waals surface area contributed by atoms with Crippen LogP contribution in [0.3, 0.4) is 0 Å². The molecule has 0 amide bonds. The summed E-state index contributed by atoms with van der Waals surface area (Å²) in [6.45, 7) is 5.57. The normalized spacial score (nSPS) is 18.2. The molecule has 6 heteroatoms. The molecule has 0 radical (unpaired) electrons. The fourth-order valence-corrected chi connectivity index (χ4v) is 4.99. The number of nitrogens with one attached hydrogen (secondary N) is 1. The fourth-order valence-electron chi connectivity index (χ4n) is 3.31. The lowest BCUT2D eigenvalue weighted by atomic mass is 10.1. The van der Waals surface area contributed by atoms with E-state index in [0.29, 0.717) is 11.4 Å². The van der Waals surface area contributed by atoms with Gasteiger partial charge in [0.1, 0.15) is 5.82 Å². The highest BCUT2D eigenvalue weighted by Crippen LogP contribution is 2.36. The number of rotatable bonds is 7. The Kier molecular flexibility index (Phi) is 5.94. The van der Waals surface area contributed by atoms with Crippen LogP contribution in [0.25, 0.3) is 0 Å². The Labute approximate surface area is 156 Å². The summed E-state index contributed by atoms with van der Waals surface area (Å²) in [6, 6.07) is 10.9. The van der Waals surface area contributed by atoms with Crippen molar-refractivity contribution in [2.45, 2.75) is 50.5 Å². The van der Waals surface area contributed by atoms with Crippen LogP contribution in [0.5, 0.6) is 0 Å². The van der Waals surface area contributed by atoms with Gasteiger partial charge in [0.15, 0.2) is 0 Å². The van der Waals surface area contributed by atoms with Crippen LogP contribution in [0.2, 0.25) is 0 Å². The SMILES string of the molecule is CCCCNc1ccc([C@H]2CCCN2S(=O)(=O)c2ccc(C)cc2)cn1. The predicted octanol–water partition coefficient (Wildman–Crippen LogP) is 4.13. The lowest BCUT2D eigenvalue weighted by molar-refractivity contribution is 0.396. The van der Waals surface area contributed by atoms with Gasteiger partial charge in [0.05, 0.1) is 10.9 Å². The monoisotopic (exact) mass is 373 g/mol. The van der Waals surface area contributed by atoms with Gasteiger partial charge in [0.2, 0.25) is 10.0 Å². The molecular formula is C20H27N3O2S. The van der Waals surface area contributed by atoms with Crippen molar-refractivity contribution in [1.82, 2.24) is 9.29 Å². The lowest BCUT2D eigenvalue weighted by Gasteiger charge is -2.24. The van der Waals surface area contributed by atoms with Gasteiger partial charge in [-0.25, -0.2) is 13.4 Å². The third kappa shape index (κ3) is 4.07. The molecule has 0 unspecified atom stereocenters. The molecule has 3 rings (SSSR count). The van der Waals surface area contributed by atoms with Gasteiger partial charge < -0.3 is 5.32 Å². The predicted molar refractivity (Wildman–Crippen MR) is 105 cm³/mol. The van der Waals surface area contributed by atoms with Crippen molar-refractivity contribution < 1.29 is 8.42 Å². The highest BCUT2D eigenvalue weighted by Gasteiger charge is 2.36. The smallest absolute Gasteiger partial charge is 0.243 e. The molecule has 5 nitrogen and oxygen atoms in total. The Balaban J connectivity index is 1.78. The van der Waals surface area contributed by atoms with Crippen LogP contribution in [0, 0.1) is 6.92 Å². The Bertz CT molecular complexity index is 817.